The van der Waals surface area contributed by atoms with Crippen LogP contribution in [0.25, 0.3) is 0 Å². The van der Waals surface area contributed by atoms with Gasteiger partial charge >= 0.3 is 0 Å². The van der Waals surface area contributed by atoms with Crippen LogP contribution in [0.1, 0.15) is 90.5 Å². The number of piperidine rings is 1. The van der Waals surface area contributed by atoms with Gasteiger partial charge in [0.1, 0.15) is 5.82 Å². The van der Waals surface area contributed by atoms with Crippen LogP contribution in [0.3, 0.4) is 0 Å². The van der Waals surface area contributed by atoms with Crippen molar-refractivity contribution in [3.63, 3.8) is 0 Å². The van der Waals surface area contributed by atoms with Crippen molar-refractivity contribution in [2.24, 2.45) is 23.0 Å². The van der Waals surface area contributed by atoms with Crippen LogP contribution in [0, 0.1) is 34.7 Å². The second kappa shape index (κ2) is 11.3. The van der Waals surface area contributed by atoms with Gasteiger partial charge in [0.25, 0.3) is 0 Å². The maximum absolute atomic E-state index is 14.1. The molecule has 2 heterocycles. The predicted molar refractivity (Wildman–Crippen MR) is 137 cm³/mol. The molecule has 5 nitrogen and oxygen atoms in total. The van der Waals surface area contributed by atoms with Crippen molar-refractivity contribution in [2.75, 3.05) is 0 Å². The molecule has 0 unspecified atom stereocenters. The van der Waals surface area contributed by atoms with Crippen LogP contribution in [0.2, 0.25) is 0 Å². The van der Waals surface area contributed by atoms with Gasteiger partial charge in [-0.1, -0.05) is 20.8 Å². The number of nitrogens with zero attached hydrogens (tertiary/aromatic N) is 1. The van der Waals surface area contributed by atoms with E-state index in [0.717, 1.165) is 44.6 Å². The monoisotopic (exact) mass is 521 g/mol. The van der Waals surface area contributed by atoms with Crippen LogP contribution in [-0.2, 0) is 16.0 Å². The van der Waals surface area contributed by atoms with Crippen molar-refractivity contribution in [1.82, 2.24) is 10.2 Å². The first-order chi connectivity index (χ1) is 17.4. The maximum Gasteiger partial charge on any atom is 0.223 e. The summed E-state index contributed by atoms with van der Waals surface area (Å²) in [6, 6.07) is 1.38. The second-order valence-corrected chi connectivity index (χ2v) is 12.6. The molecule has 37 heavy (non-hydrogen) atoms. The molecule has 2 saturated heterocycles. The summed E-state index contributed by atoms with van der Waals surface area (Å²) in [5.41, 5.74) is 6.77. The lowest BCUT2D eigenvalue weighted by molar-refractivity contribution is -0.138. The Morgan fingerprint density at radius 3 is 2.14 bits per heavy atom. The number of rotatable bonds is 7. The van der Waals surface area contributed by atoms with Crippen LogP contribution in [0.5, 0.6) is 0 Å². The number of amides is 2. The quantitative estimate of drug-likeness (QED) is 0.482. The SMILES string of the molecule is CC(C)(C)C1CCC(NC(=O)CCC(=O)N2[C@@H]3CC[C@H]2C[C@H]([C@H](N)Cc2cc(F)c(F)cc2F)C3)CC1. The third-order valence-corrected chi connectivity index (χ3v) is 9.09. The molecule has 0 radical (unpaired) electrons. The number of hydrogen-bond acceptors (Lipinski definition) is 3. The zero-order valence-electron chi connectivity index (χ0n) is 22.4. The maximum atomic E-state index is 14.1. The zero-order chi connectivity index (χ0) is 26.9. The Morgan fingerprint density at radius 1 is 0.946 bits per heavy atom. The summed E-state index contributed by atoms with van der Waals surface area (Å²) in [4.78, 5) is 27.6. The minimum absolute atomic E-state index is 0.0118. The molecule has 1 aromatic rings. The number of halogens is 3. The minimum atomic E-state index is -1.21. The zero-order valence-corrected chi connectivity index (χ0v) is 22.4. The van der Waals surface area contributed by atoms with Crippen molar-refractivity contribution in [3.8, 4) is 0 Å². The molecule has 1 aromatic carbocycles. The Morgan fingerprint density at radius 2 is 1.54 bits per heavy atom. The van der Waals surface area contributed by atoms with E-state index < -0.39 is 23.5 Å². The highest BCUT2D eigenvalue weighted by Crippen LogP contribution is 2.41. The summed E-state index contributed by atoms with van der Waals surface area (Å²) in [6.45, 7) is 6.83. The molecule has 1 saturated carbocycles. The van der Waals surface area contributed by atoms with E-state index >= 15 is 0 Å². The molecule has 4 rings (SSSR count). The fourth-order valence-electron chi connectivity index (χ4n) is 6.87. The molecular formula is C29H42F3N3O2. The van der Waals surface area contributed by atoms with Gasteiger partial charge in [0.15, 0.2) is 11.6 Å². The van der Waals surface area contributed by atoms with Crippen LogP contribution >= 0.6 is 0 Å². The van der Waals surface area contributed by atoms with E-state index in [4.69, 9.17) is 5.73 Å². The van der Waals surface area contributed by atoms with Gasteiger partial charge in [-0.2, -0.15) is 0 Å². The van der Waals surface area contributed by atoms with E-state index in [2.05, 4.69) is 26.1 Å². The Balaban J connectivity index is 1.23. The molecule has 2 bridgehead atoms. The largest absolute Gasteiger partial charge is 0.353 e. The molecular weight excluding hydrogens is 479 g/mol. The van der Waals surface area contributed by atoms with Gasteiger partial charge in [0.2, 0.25) is 11.8 Å². The van der Waals surface area contributed by atoms with E-state index in [1.807, 2.05) is 4.90 Å². The number of carbonyl (C=O) groups excluding carboxylic acids is 2. The molecule has 0 aromatic heterocycles. The number of fused-ring (bicyclic) bond motifs is 2. The van der Waals surface area contributed by atoms with Gasteiger partial charge < -0.3 is 16.0 Å². The molecule has 3 N–H and O–H groups in total. The van der Waals surface area contributed by atoms with Crippen molar-refractivity contribution in [1.29, 1.82) is 0 Å². The second-order valence-electron chi connectivity index (χ2n) is 12.6. The third kappa shape index (κ3) is 6.68. The molecule has 2 amide bonds. The molecule has 2 aliphatic heterocycles. The van der Waals surface area contributed by atoms with E-state index in [9.17, 15) is 22.8 Å². The van der Waals surface area contributed by atoms with Crippen molar-refractivity contribution >= 4 is 11.8 Å². The average Bonchev–Trinajstić information content (AvgIpc) is 3.09. The van der Waals surface area contributed by atoms with Gasteiger partial charge in [-0.25, -0.2) is 13.2 Å². The van der Waals surface area contributed by atoms with Crippen LogP contribution in [0.15, 0.2) is 12.1 Å². The highest BCUT2D eigenvalue weighted by molar-refractivity contribution is 5.84. The number of nitrogens with one attached hydrogen (secondary N) is 1. The van der Waals surface area contributed by atoms with Gasteiger partial charge in [0, 0.05) is 43.1 Å². The summed E-state index contributed by atoms with van der Waals surface area (Å²) >= 11 is 0. The van der Waals surface area contributed by atoms with Crippen molar-refractivity contribution < 1.29 is 22.8 Å². The number of benzene rings is 1. The molecule has 1 aliphatic carbocycles. The Hall–Kier alpha value is -2.09. The van der Waals surface area contributed by atoms with Crippen molar-refractivity contribution in [2.45, 2.75) is 116 Å². The molecule has 3 fully saturated rings. The van der Waals surface area contributed by atoms with Crippen LogP contribution in [-0.4, -0.2) is 40.9 Å². The van der Waals surface area contributed by atoms with Gasteiger partial charge in [-0.05, 0) is 86.7 Å². The molecule has 0 spiro atoms. The average molecular weight is 522 g/mol. The first-order valence-corrected chi connectivity index (χ1v) is 13.9. The number of hydrogen-bond donors (Lipinski definition) is 2. The lowest BCUT2D eigenvalue weighted by atomic mass is 9.71. The minimum Gasteiger partial charge on any atom is -0.353 e. The molecule has 4 atom stereocenters. The normalized spacial score (nSPS) is 28.7. The third-order valence-electron chi connectivity index (χ3n) is 9.09. The van der Waals surface area contributed by atoms with E-state index in [1.165, 1.54) is 0 Å². The fourth-order valence-corrected chi connectivity index (χ4v) is 6.87. The van der Waals surface area contributed by atoms with Gasteiger partial charge in [-0.15, -0.1) is 0 Å². The van der Waals surface area contributed by atoms with E-state index in [-0.39, 0.29) is 60.7 Å². The standard InChI is InChI=1S/C29H42F3N3O2/c1-29(2,3)19-4-6-20(7-5-19)34-27(36)10-11-28(37)35-21-8-9-22(35)13-18(12-21)26(33)15-17-14-24(31)25(32)16-23(17)30/h14,16,18-22,26H,4-13,15,33H2,1-3H3,(H,34,36)/t18-,19?,20?,21-,22+,26-/m1/s1. The molecule has 3 aliphatic rings. The predicted octanol–water partition coefficient (Wildman–Crippen LogP) is 5.24. The van der Waals surface area contributed by atoms with Gasteiger partial charge in [0.05, 0.1) is 0 Å². The van der Waals surface area contributed by atoms with Gasteiger partial charge in [-0.3, -0.25) is 9.59 Å². The van der Waals surface area contributed by atoms with E-state index in [0.29, 0.717) is 30.2 Å². The van der Waals surface area contributed by atoms with Crippen LogP contribution in [0.4, 0.5) is 13.2 Å². The lowest BCUT2D eigenvalue weighted by Gasteiger charge is -2.41. The Kier molecular flexibility index (Phi) is 8.56. The van der Waals surface area contributed by atoms with Crippen molar-refractivity contribution in [3.05, 3.63) is 35.1 Å². The topological polar surface area (TPSA) is 75.4 Å². The smallest absolute Gasteiger partial charge is 0.223 e. The Labute approximate surface area is 218 Å². The van der Waals surface area contributed by atoms with E-state index in [1.54, 1.807) is 0 Å². The number of nitrogens with two attached hydrogens (primary N) is 1. The summed E-state index contributed by atoms with van der Waals surface area (Å²) in [5.74, 6) is -2.36. The molecule has 8 heteroatoms. The molecule has 206 valence electrons. The highest BCUT2D eigenvalue weighted by Gasteiger charge is 2.44. The summed E-state index contributed by atoms with van der Waals surface area (Å²) < 4.78 is 41.0. The van der Waals surface area contributed by atoms with Crippen LogP contribution < -0.4 is 11.1 Å². The summed E-state index contributed by atoms with van der Waals surface area (Å²) in [7, 11) is 0. The summed E-state index contributed by atoms with van der Waals surface area (Å²) in [5, 5.41) is 3.14. The Bertz CT molecular complexity index is 973. The highest BCUT2D eigenvalue weighted by atomic mass is 19.2. The first kappa shape index (κ1) is 27.9. The first-order valence-electron chi connectivity index (χ1n) is 13.9. The summed E-state index contributed by atoms with van der Waals surface area (Å²) in [6.07, 6.45) is 7.95. The number of carbonyl (C=O) groups is 2. The fraction of sp³-hybridized carbons (Fsp3) is 0.724. The lowest BCUT2D eigenvalue weighted by Crippen LogP contribution is -2.50.